The number of nitrogens with zero attached hydrogens (tertiary/aromatic N) is 2. The fourth-order valence-electron chi connectivity index (χ4n) is 4.02. The van der Waals surface area contributed by atoms with Crippen LogP contribution in [0.5, 0.6) is 5.75 Å². The molecule has 1 N–H and O–H groups in total. The Labute approximate surface area is 213 Å². The van der Waals surface area contributed by atoms with Gasteiger partial charge in [0.05, 0.1) is 11.6 Å². The largest absolute Gasteiger partial charge is 0.507 e. The molecule has 35 heavy (non-hydrogen) atoms. The molecule has 0 radical (unpaired) electrons. The number of carbonyl (C=O) groups excluding carboxylic acids is 2. The van der Waals surface area contributed by atoms with E-state index in [1.807, 2.05) is 73.6 Å². The van der Waals surface area contributed by atoms with Crippen molar-refractivity contribution in [3.8, 4) is 5.75 Å². The number of hydrogen-bond acceptors (Lipinski definition) is 5. The predicted molar refractivity (Wildman–Crippen MR) is 139 cm³/mol. The van der Waals surface area contributed by atoms with Crippen LogP contribution in [0.4, 0.5) is 0 Å². The van der Waals surface area contributed by atoms with Gasteiger partial charge in [-0.05, 0) is 61.6 Å². The number of aliphatic hydroxyl groups excluding tert-OH is 1. The van der Waals surface area contributed by atoms with E-state index < -0.39 is 17.7 Å². The number of ether oxygens (including phenoxy) is 1. The highest BCUT2D eigenvalue weighted by atomic mass is 79.9. The van der Waals surface area contributed by atoms with Gasteiger partial charge >= 0.3 is 0 Å². The van der Waals surface area contributed by atoms with Crippen LogP contribution in [0, 0.1) is 0 Å². The number of Topliss-reactive ketones (excluding diaryl/α,β-unsaturated/α-hetero) is 1. The van der Waals surface area contributed by atoms with Gasteiger partial charge < -0.3 is 19.6 Å². The van der Waals surface area contributed by atoms with Gasteiger partial charge in [0.1, 0.15) is 18.1 Å². The lowest BCUT2D eigenvalue weighted by atomic mass is 9.95. The summed E-state index contributed by atoms with van der Waals surface area (Å²) < 4.78 is 6.71. The molecule has 0 saturated carbocycles. The zero-order valence-electron chi connectivity index (χ0n) is 19.6. The predicted octanol–water partition coefficient (Wildman–Crippen LogP) is 5.01. The van der Waals surface area contributed by atoms with Gasteiger partial charge in [-0.2, -0.15) is 0 Å². The minimum absolute atomic E-state index is 0.0917. The van der Waals surface area contributed by atoms with Crippen LogP contribution >= 0.6 is 15.9 Å². The molecule has 1 fully saturated rings. The normalized spacial score (nSPS) is 17.3. The van der Waals surface area contributed by atoms with Gasteiger partial charge in [-0.3, -0.25) is 9.59 Å². The maximum absolute atomic E-state index is 13.1. The van der Waals surface area contributed by atoms with Crippen molar-refractivity contribution in [1.29, 1.82) is 0 Å². The number of halogens is 1. The summed E-state index contributed by atoms with van der Waals surface area (Å²) in [4.78, 5) is 29.6. The van der Waals surface area contributed by atoms with Crippen LogP contribution < -0.4 is 4.74 Å². The fraction of sp³-hybridized carbons (Fsp3) is 0.214. The van der Waals surface area contributed by atoms with E-state index in [1.54, 1.807) is 24.3 Å². The van der Waals surface area contributed by atoms with Gasteiger partial charge in [0.15, 0.2) is 0 Å². The molecule has 3 aromatic carbocycles. The fourth-order valence-corrected chi connectivity index (χ4v) is 4.28. The minimum atomic E-state index is -0.682. The van der Waals surface area contributed by atoms with Gasteiger partial charge in [0, 0.05) is 23.1 Å². The Hall–Kier alpha value is -3.42. The zero-order valence-corrected chi connectivity index (χ0v) is 21.2. The Kier molecular flexibility index (Phi) is 7.68. The van der Waals surface area contributed by atoms with Crippen LogP contribution in [0.25, 0.3) is 5.76 Å². The van der Waals surface area contributed by atoms with Crippen molar-refractivity contribution >= 4 is 33.4 Å². The molecule has 1 amide bonds. The third-order valence-electron chi connectivity index (χ3n) is 5.89. The van der Waals surface area contributed by atoms with E-state index in [2.05, 4.69) is 15.9 Å². The first-order valence-corrected chi connectivity index (χ1v) is 12.1. The van der Waals surface area contributed by atoms with Crippen LogP contribution in [0.1, 0.15) is 22.7 Å². The maximum atomic E-state index is 13.1. The molecule has 7 heteroatoms. The number of likely N-dealkylation sites (N-methyl/N-ethyl adjacent to an activating group) is 1. The van der Waals surface area contributed by atoms with Gasteiger partial charge in [0.25, 0.3) is 11.7 Å². The highest BCUT2D eigenvalue weighted by molar-refractivity contribution is 9.10. The number of aliphatic hydroxyl groups is 1. The van der Waals surface area contributed by atoms with E-state index in [0.29, 0.717) is 31.0 Å². The Balaban J connectivity index is 1.65. The first kappa shape index (κ1) is 24.7. The van der Waals surface area contributed by atoms with Crippen molar-refractivity contribution in [2.45, 2.75) is 12.6 Å². The van der Waals surface area contributed by atoms with E-state index in [9.17, 15) is 14.7 Å². The van der Waals surface area contributed by atoms with E-state index in [-0.39, 0.29) is 11.3 Å². The zero-order chi connectivity index (χ0) is 24.9. The lowest BCUT2D eigenvalue weighted by molar-refractivity contribution is -0.140. The molecule has 0 spiro atoms. The molecule has 4 rings (SSSR count). The van der Waals surface area contributed by atoms with E-state index in [1.165, 1.54) is 4.90 Å². The summed E-state index contributed by atoms with van der Waals surface area (Å²) in [6.07, 6.45) is 0. The molecule has 1 heterocycles. The average Bonchev–Trinajstić information content (AvgIpc) is 3.12. The number of hydrogen-bond donors (Lipinski definition) is 1. The quantitative estimate of drug-likeness (QED) is 0.250. The highest BCUT2D eigenvalue weighted by Gasteiger charge is 2.45. The smallest absolute Gasteiger partial charge is 0.295 e. The molecule has 1 saturated heterocycles. The Morgan fingerprint density at radius 2 is 1.63 bits per heavy atom. The van der Waals surface area contributed by atoms with Crippen molar-refractivity contribution in [3.05, 3.63) is 106 Å². The van der Waals surface area contributed by atoms with Crippen molar-refractivity contribution in [1.82, 2.24) is 9.80 Å². The SMILES string of the molecule is CN(C)CCN1C(=O)C(=O)/C(=C(/O)c2ccc(OCc3ccccc3)cc2)C1c1ccc(Br)cc1. The summed E-state index contributed by atoms with van der Waals surface area (Å²) in [5.74, 6) is -0.845. The molecular formula is C28H27BrN2O4. The Morgan fingerprint density at radius 3 is 2.26 bits per heavy atom. The van der Waals surface area contributed by atoms with Crippen molar-refractivity contribution in [3.63, 3.8) is 0 Å². The first-order valence-electron chi connectivity index (χ1n) is 11.3. The monoisotopic (exact) mass is 534 g/mol. The van der Waals surface area contributed by atoms with Crippen LogP contribution in [0.3, 0.4) is 0 Å². The number of amides is 1. The summed E-state index contributed by atoms with van der Waals surface area (Å²) in [6, 6.07) is 23.5. The van der Waals surface area contributed by atoms with E-state index in [0.717, 1.165) is 15.6 Å². The first-order chi connectivity index (χ1) is 16.8. The van der Waals surface area contributed by atoms with Crippen molar-refractivity contribution in [2.75, 3.05) is 27.2 Å². The molecule has 1 aliphatic rings. The second-order valence-electron chi connectivity index (χ2n) is 8.65. The lowest BCUT2D eigenvalue weighted by Crippen LogP contribution is -2.35. The third-order valence-corrected chi connectivity index (χ3v) is 6.42. The molecule has 1 unspecified atom stereocenters. The molecule has 180 valence electrons. The summed E-state index contributed by atoms with van der Waals surface area (Å²) in [5.41, 5.74) is 2.35. The molecule has 0 bridgehead atoms. The number of likely N-dealkylation sites (tertiary alicyclic amines) is 1. The van der Waals surface area contributed by atoms with Gasteiger partial charge in [0.2, 0.25) is 0 Å². The Morgan fingerprint density at radius 1 is 0.971 bits per heavy atom. The van der Waals surface area contributed by atoms with Crippen molar-refractivity contribution in [2.24, 2.45) is 0 Å². The van der Waals surface area contributed by atoms with Crippen LogP contribution in [-0.2, 0) is 16.2 Å². The van der Waals surface area contributed by atoms with Crippen molar-refractivity contribution < 1.29 is 19.4 Å². The summed E-state index contributed by atoms with van der Waals surface area (Å²) in [6.45, 7) is 1.38. The topological polar surface area (TPSA) is 70.1 Å². The standard InChI is InChI=1S/C28H27BrN2O4/c1-30(2)16-17-31-25(20-8-12-22(29)13-9-20)24(27(33)28(31)34)26(32)21-10-14-23(15-11-21)35-18-19-6-4-3-5-7-19/h3-15,25,32H,16-18H2,1-2H3/b26-24+. The molecule has 1 aliphatic heterocycles. The van der Waals surface area contributed by atoms with Gasteiger partial charge in [-0.1, -0.05) is 58.4 Å². The summed E-state index contributed by atoms with van der Waals surface area (Å²) in [5, 5.41) is 11.2. The molecule has 0 aliphatic carbocycles. The minimum Gasteiger partial charge on any atom is -0.507 e. The number of rotatable bonds is 8. The van der Waals surface area contributed by atoms with Crippen LogP contribution in [0.15, 0.2) is 88.9 Å². The number of benzene rings is 3. The van der Waals surface area contributed by atoms with E-state index in [4.69, 9.17) is 4.74 Å². The van der Waals surface area contributed by atoms with Crippen LogP contribution in [0.2, 0.25) is 0 Å². The van der Waals surface area contributed by atoms with Gasteiger partial charge in [-0.25, -0.2) is 0 Å². The van der Waals surface area contributed by atoms with Gasteiger partial charge in [-0.15, -0.1) is 0 Å². The Bertz CT molecular complexity index is 1220. The average molecular weight is 535 g/mol. The number of ketones is 1. The molecule has 0 aromatic heterocycles. The third kappa shape index (κ3) is 5.63. The summed E-state index contributed by atoms with van der Waals surface area (Å²) in [7, 11) is 3.82. The molecule has 1 atom stereocenters. The second-order valence-corrected chi connectivity index (χ2v) is 9.56. The second kappa shape index (κ2) is 10.9. The molecular weight excluding hydrogens is 508 g/mol. The summed E-state index contributed by atoms with van der Waals surface area (Å²) >= 11 is 3.43. The number of carbonyl (C=O) groups is 2. The highest BCUT2D eigenvalue weighted by Crippen LogP contribution is 2.39. The maximum Gasteiger partial charge on any atom is 0.295 e. The van der Waals surface area contributed by atoms with Crippen LogP contribution in [-0.4, -0.2) is 53.8 Å². The lowest BCUT2D eigenvalue weighted by Gasteiger charge is -2.26. The van der Waals surface area contributed by atoms with E-state index >= 15 is 0 Å². The molecule has 3 aromatic rings. The molecule has 6 nitrogen and oxygen atoms in total.